The molecule has 0 aliphatic carbocycles. The highest BCUT2D eigenvalue weighted by atomic mass is 16.1. The van der Waals surface area contributed by atoms with Crippen molar-refractivity contribution in [3.8, 4) is 0 Å². The number of fused-ring (bicyclic) bond motifs is 1. The van der Waals surface area contributed by atoms with E-state index in [-0.39, 0.29) is 0 Å². The third-order valence-electron chi connectivity index (χ3n) is 2.62. The van der Waals surface area contributed by atoms with Crippen molar-refractivity contribution in [3.05, 3.63) is 35.4 Å². The van der Waals surface area contributed by atoms with Crippen LogP contribution in [0.4, 0.5) is 5.82 Å². The van der Waals surface area contributed by atoms with E-state index in [9.17, 15) is 4.79 Å². The van der Waals surface area contributed by atoms with Crippen molar-refractivity contribution in [2.75, 3.05) is 19.0 Å². The van der Waals surface area contributed by atoms with E-state index >= 15 is 0 Å². The molecule has 0 unspecified atom stereocenters. The zero-order valence-electron chi connectivity index (χ0n) is 9.74. The highest BCUT2D eigenvalue weighted by molar-refractivity contribution is 5.88. The topological polar surface area (TPSA) is 34.5 Å². The number of H-pyrrole nitrogens is 1. The molecule has 16 heavy (non-hydrogen) atoms. The van der Waals surface area contributed by atoms with Crippen LogP contribution in [-0.4, -0.2) is 20.4 Å². The third kappa shape index (κ3) is 1.76. The van der Waals surface area contributed by atoms with Crippen molar-refractivity contribution < 1.29 is 9.78 Å². The minimum atomic E-state index is 0.682. The van der Waals surface area contributed by atoms with Gasteiger partial charge < -0.3 is 0 Å². The molecule has 1 aromatic heterocycles. The quantitative estimate of drug-likeness (QED) is 0.716. The van der Waals surface area contributed by atoms with Crippen LogP contribution in [0.1, 0.15) is 15.9 Å². The predicted octanol–water partition coefficient (Wildman–Crippen LogP) is 1.84. The second-order valence-electron chi connectivity index (χ2n) is 4.18. The van der Waals surface area contributed by atoms with Crippen molar-refractivity contribution >= 4 is 23.0 Å². The first-order valence-electron chi connectivity index (χ1n) is 5.21. The Hall–Kier alpha value is -1.90. The normalized spacial score (nSPS) is 10.4. The van der Waals surface area contributed by atoms with E-state index in [1.54, 1.807) is 0 Å². The molecule has 0 saturated heterocycles. The molecule has 0 aliphatic rings. The average Bonchev–Trinajstić information content (AvgIpc) is 2.27. The van der Waals surface area contributed by atoms with Crippen LogP contribution in [0, 0.1) is 6.92 Å². The molecule has 3 nitrogen and oxygen atoms in total. The minimum Gasteiger partial charge on any atom is -0.298 e. The third-order valence-corrected chi connectivity index (χ3v) is 2.62. The Morgan fingerprint density at radius 1 is 1.25 bits per heavy atom. The lowest BCUT2D eigenvalue weighted by Gasteiger charge is -2.07. The molecular weight excluding hydrogens is 200 g/mol. The van der Waals surface area contributed by atoms with E-state index in [1.165, 1.54) is 5.56 Å². The molecular formula is C13H15N2O+. The zero-order chi connectivity index (χ0) is 11.7. The van der Waals surface area contributed by atoms with E-state index in [0.29, 0.717) is 5.56 Å². The summed E-state index contributed by atoms with van der Waals surface area (Å²) in [6.07, 6.45) is 0.880. The Morgan fingerprint density at radius 2 is 2.00 bits per heavy atom. The van der Waals surface area contributed by atoms with Gasteiger partial charge in [-0.05, 0) is 24.6 Å². The predicted molar refractivity (Wildman–Crippen MR) is 65.0 cm³/mol. The van der Waals surface area contributed by atoms with Crippen molar-refractivity contribution in [2.45, 2.75) is 6.92 Å². The maximum absolute atomic E-state index is 11.0. The van der Waals surface area contributed by atoms with E-state index < -0.39 is 0 Å². The molecule has 1 heterocycles. The van der Waals surface area contributed by atoms with E-state index in [1.807, 2.05) is 37.2 Å². The molecule has 0 amide bonds. The van der Waals surface area contributed by atoms with Gasteiger partial charge in [-0.1, -0.05) is 12.1 Å². The van der Waals surface area contributed by atoms with Gasteiger partial charge in [0.25, 0.3) is 5.82 Å². The summed E-state index contributed by atoms with van der Waals surface area (Å²) in [5, 5.41) is 1.05. The number of nitrogens with zero attached hydrogens (tertiary/aromatic N) is 1. The molecule has 1 N–H and O–H groups in total. The number of carbonyl (C=O) groups is 1. The number of rotatable bonds is 2. The Balaban J connectivity index is 2.75. The Morgan fingerprint density at radius 3 is 2.62 bits per heavy atom. The summed E-state index contributed by atoms with van der Waals surface area (Å²) >= 11 is 0. The van der Waals surface area contributed by atoms with Crippen LogP contribution >= 0.6 is 0 Å². The van der Waals surface area contributed by atoms with Crippen LogP contribution in [0.25, 0.3) is 10.9 Å². The number of carbonyl (C=O) groups excluding carboxylic acids is 1. The van der Waals surface area contributed by atoms with Crippen molar-refractivity contribution in [1.82, 2.24) is 0 Å². The van der Waals surface area contributed by atoms with E-state index in [0.717, 1.165) is 23.0 Å². The van der Waals surface area contributed by atoms with Gasteiger partial charge in [-0.3, -0.25) is 9.69 Å². The van der Waals surface area contributed by atoms with Crippen molar-refractivity contribution in [3.63, 3.8) is 0 Å². The Kier molecular flexibility index (Phi) is 2.60. The summed E-state index contributed by atoms with van der Waals surface area (Å²) in [7, 11) is 3.83. The van der Waals surface area contributed by atoms with Gasteiger partial charge in [0, 0.05) is 5.39 Å². The van der Waals surface area contributed by atoms with Crippen LogP contribution < -0.4 is 9.88 Å². The van der Waals surface area contributed by atoms with Gasteiger partial charge in [-0.2, -0.15) is 0 Å². The fraction of sp³-hybridized carbons (Fsp3) is 0.231. The molecule has 0 bridgehead atoms. The monoisotopic (exact) mass is 215 g/mol. The first-order valence-corrected chi connectivity index (χ1v) is 5.21. The highest BCUT2D eigenvalue weighted by Gasteiger charge is 2.13. The number of benzene rings is 1. The first-order chi connectivity index (χ1) is 7.61. The van der Waals surface area contributed by atoms with Gasteiger partial charge in [0.2, 0.25) is 0 Å². The Labute approximate surface area is 94.7 Å². The average molecular weight is 215 g/mol. The largest absolute Gasteiger partial charge is 0.298 e. The molecule has 0 saturated carbocycles. The van der Waals surface area contributed by atoms with Crippen LogP contribution in [0.3, 0.4) is 0 Å². The lowest BCUT2D eigenvalue weighted by atomic mass is 10.1. The number of hydrogen-bond donors (Lipinski definition) is 0. The molecule has 0 spiro atoms. The van der Waals surface area contributed by atoms with Gasteiger partial charge in [0.15, 0.2) is 6.29 Å². The summed E-state index contributed by atoms with van der Waals surface area (Å²) in [6, 6.07) is 8.05. The molecule has 0 radical (unpaired) electrons. The summed E-state index contributed by atoms with van der Waals surface area (Å²) in [6.45, 7) is 2.05. The number of anilines is 1. The first kappa shape index (κ1) is 10.6. The highest BCUT2D eigenvalue weighted by Crippen LogP contribution is 2.18. The van der Waals surface area contributed by atoms with Gasteiger partial charge in [-0.15, -0.1) is 0 Å². The number of aryl methyl sites for hydroxylation is 1. The van der Waals surface area contributed by atoms with E-state index in [2.05, 4.69) is 18.0 Å². The number of nitrogens with one attached hydrogen (secondary N) is 1. The van der Waals surface area contributed by atoms with Gasteiger partial charge in [0.1, 0.15) is 11.1 Å². The summed E-state index contributed by atoms with van der Waals surface area (Å²) < 4.78 is 0. The molecule has 2 rings (SSSR count). The standard InChI is InChI=1S/C13H14N2O/c1-9-4-5-10-7-11(8-16)13(15(2)3)14-12(10)6-9/h4-8H,1-3H3/p+1. The molecule has 0 fully saturated rings. The number of aldehydes is 1. The molecule has 82 valence electrons. The van der Waals surface area contributed by atoms with Crippen LogP contribution in [-0.2, 0) is 0 Å². The van der Waals surface area contributed by atoms with Crippen molar-refractivity contribution in [1.29, 1.82) is 0 Å². The fourth-order valence-electron chi connectivity index (χ4n) is 1.80. The number of aromatic nitrogens is 1. The smallest absolute Gasteiger partial charge is 0.285 e. The Bertz CT molecular complexity index is 547. The summed E-state index contributed by atoms with van der Waals surface area (Å²) in [5.41, 5.74) is 2.93. The maximum atomic E-state index is 11.0. The van der Waals surface area contributed by atoms with E-state index in [4.69, 9.17) is 0 Å². The molecule has 0 aliphatic heterocycles. The molecule has 2 aromatic rings. The number of pyridine rings is 1. The zero-order valence-corrected chi connectivity index (χ0v) is 9.74. The molecule has 1 aromatic carbocycles. The summed E-state index contributed by atoms with van der Waals surface area (Å²) in [4.78, 5) is 16.2. The summed E-state index contributed by atoms with van der Waals surface area (Å²) in [5.74, 6) is 0.841. The SMILES string of the molecule is Cc1ccc2cc(C=O)c(N(C)C)[nH+]c2c1. The second kappa shape index (κ2) is 3.93. The number of aromatic amines is 1. The van der Waals surface area contributed by atoms with Crippen LogP contribution in [0.2, 0.25) is 0 Å². The molecule has 3 heteroatoms. The van der Waals surface area contributed by atoms with Gasteiger partial charge in [0.05, 0.1) is 14.1 Å². The lowest BCUT2D eigenvalue weighted by molar-refractivity contribution is -0.330. The fourth-order valence-corrected chi connectivity index (χ4v) is 1.80. The van der Waals surface area contributed by atoms with Crippen LogP contribution in [0.5, 0.6) is 0 Å². The number of hydrogen-bond acceptors (Lipinski definition) is 2. The second-order valence-corrected chi connectivity index (χ2v) is 4.18. The van der Waals surface area contributed by atoms with Crippen LogP contribution in [0.15, 0.2) is 24.3 Å². The minimum absolute atomic E-state index is 0.682. The molecule has 0 atom stereocenters. The lowest BCUT2D eigenvalue weighted by Crippen LogP contribution is -2.23. The van der Waals surface area contributed by atoms with Gasteiger partial charge >= 0.3 is 0 Å². The maximum Gasteiger partial charge on any atom is 0.285 e. The van der Waals surface area contributed by atoms with Gasteiger partial charge in [-0.25, -0.2) is 4.98 Å². The van der Waals surface area contributed by atoms with Crippen molar-refractivity contribution in [2.24, 2.45) is 0 Å².